The Bertz CT molecular complexity index is 588. The fourth-order valence-corrected chi connectivity index (χ4v) is 1.85. The van der Waals surface area contributed by atoms with Gasteiger partial charge in [0.2, 0.25) is 0 Å². The molecule has 2 rings (SSSR count). The lowest BCUT2D eigenvalue weighted by Crippen LogP contribution is -2.02. The Morgan fingerprint density at radius 1 is 1.17 bits per heavy atom. The number of rotatable bonds is 3. The van der Waals surface area contributed by atoms with Crippen molar-refractivity contribution in [1.29, 1.82) is 5.26 Å². The van der Waals surface area contributed by atoms with Crippen molar-refractivity contribution in [3.05, 3.63) is 63.9 Å². The van der Waals surface area contributed by atoms with E-state index in [1.807, 2.05) is 24.3 Å². The molecule has 0 saturated heterocycles. The van der Waals surface area contributed by atoms with Crippen molar-refractivity contribution in [3.63, 3.8) is 0 Å². The quantitative estimate of drug-likeness (QED) is 0.927. The van der Waals surface area contributed by atoms with Gasteiger partial charge in [0.1, 0.15) is 5.82 Å². The maximum Gasteiger partial charge on any atom is 0.123 e. The Morgan fingerprint density at radius 2 is 1.89 bits per heavy atom. The van der Waals surface area contributed by atoms with Crippen molar-refractivity contribution in [2.24, 2.45) is 0 Å². The van der Waals surface area contributed by atoms with Gasteiger partial charge in [-0.1, -0.05) is 15.9 Å². The topological polar surface area (TPSA) is 35.8 Å². The van der Waals surface area contributed by atoms with Crippen LogP contribution in [0.1, 0.15) is 11.1 Å². The molecule has 0 saturated carbocycles. The summed E-state index contributed by atoms with van der Waals surface area (Å²) in [5.74, 6) is -0.332. The minimum absolute atomic E-state index is 0.332. The van der Waals surface area contributed by atoms with E-state index in [2.05, 4.69) is 27.3 Å². The molecule has 2 aromatic carbocycles. The fraction of sp³-hybridized carbons (Fsp3) is 0.0714. The molecule has 0 aliphatic carbocycles. The fourth-order valence-electron chi connectivity index (χ4n) is 1.58. The number of benzene rings is 2. The Balaban J connectivity index is 2.13. The minimum atomic E-state index is -0.332. The smallest absolute Gasteiger partial charge is 0.123 e. The number of nitriles is 1. The molecule has 0 aliphatic heterocycles. The molecule has 0 unspecified atom stereocenters. The number of hydrogen-bond acceptors (Lipinski definition) is 2. The van der Waals surface area contributed by atoms with E-state index in [0.29, 0.717) is 17.7 Å². The second-order valence-electron chi connectivity index (χ2n) is 3.77. The first-order valence-electron chi connectivity index (χ1n) is 5.37. The lowest BCUT2D eigenvalue weighted by molar-refractivity contribution is 0.625. The molecule has 90 valence electrons. The van der Waals surface area contributed by atoms with E-state index in [9.17, 15) is 4.39 Å². The first kappa shape index (κ1) is 12.6. The second kappa shape index (κ2) is 5.65. The third-order valence-corrected chi connectivity index (χ3v) is 3.04. The maximum atomic E-state index is 13.1. The zero-order chi connectivity index (χ0) is 13.0. The van der Waals surface area contributed by atoms with Crippen LogP contribution in [0.4, 0.5) is 10.1 Å². The molecular formula is C14H10BrFN2. The molecule has 4 heteroatoms. The molecule has 0 radical (unpaired) electrons. The Hall–Kier alpha value is -1.86. The first-order chi connectivity index (χ1) is 8.69. The van der Waals surface area contributed by atoms with Crippen molar-refractivity contribution in [2.45, 2.75) is 6.54 Å². The Kier molecular flexibility index (Phi) is 3.96. The molecule has 0 spiro atoms. The molecule has 0 aliphatic rings. The molecule has 0 atom stereocenters. The molecule has 0 bridgehead atoms. The van der Waals surface area contributed by atoms with E-state index in [-0.39, 0.29) is 5.82 Å². The monoisotopic (exact) mass is 304 g/mol. The van der Waals surface area contributed by atoms with Gasteiger partial charge in [-0.3, -0.25) is 0 Å². The number of nitrogens with zero attached hydrogens (tertiary/aromatic N) is 1. The van der Waals surface area contributed by atoms with Crippen LogP contribution in [0.15, 0.2) is 46.9 Å². The maximum absolute atomic E-state index is 13.1. The summed E-state index contributed by atoms with van der Waals surface area (Å²) in [4.78, 5) is 0. The minimum Gasteiger partial charge on any atom is -0.381 e. The van der Waals surface area contributed by atoms with Crippen molar-refractivity contribution in [3.8, 4) is 6.07 Å². The second-order valence-corrected chi connectivity index (χ2v) is 4.69. The van der Waals surface area contributed by atoms with E-state index in [0.717, 1.165) is 10.2 Å². The van der Waals surface area contributed by atoms with Crippen LogP contribution in [0.25, 0.3) is 0 Å². The van der Waals surface area contributed by atoms with Gasteiger partial charge in [0.15, 0.2) is 0 Å². The van der Waals surface area contributed by atoms with E-state index < -0.39 is 0 Å². The van der Waals surface area contributed by atoms with Crippen molar-refractivity contribution in [2.75, 3.05) is 5.32 Å². The van der Waals surface area contributed by atoms with E-state index >= 15 is 0 Å². The molecule has 0 aromatic heterocycles. The summed E-state index contributed by atoms with van der Waals surface area (Å²) in [5.41, 5.74) is 2.06. The summed E-state index contributed by atoms with van der Waals surface area (Å²) in [6, 6.07) is 13.9. The summed E-state index contributed by atoms with van der Waals surface area (Å²) >= 11 is 3.35. The third-order valence-electron chi connectivity index (χ3n) is 2.51. The summed E-state index contributed by atoms with van der Waals surface area (Å²) in [6.45, 7) is 0.419. The molecule has 1 N–H and O–H groups in total. The van der Waals surface area contributed by atoms with Gasteiger partial charge >= 0.3 is 0 Å². The van der Waals surface area contributed by atoms with Crippen LogP contribution >= 0.6 is 15.9 Å². The lowest BCUT2D eigenvalue weighted by atomic mass is 10.1. The van der Waals surface area contributed by atoms with Crippen LogP contribution < -0.4 is 5.32 Å². The average Bonchev–Trinajstić information content (AvgIpc) is 2.38. The van der Waals surface area contributed by atoms with Crippen molar-refractivity contribution in [1.82, 2.24) is 0 Å². The molecule has 0 amide bonds. The van der Waals surface area contributed by atoms with Crippen LogP contribution in [-0.2, 0) is 6.54 Å². The SMILES string of the molecule is N#Cc1ccc(F)cc1CNc1ccc(Br)cc1. The highest BCUT2D eigenvalue weighted by Crippen LogP contribution is 2.16. The van der Waals surface area contributed by atoms with Crippen molar-refractivity contribution < 1.29 is 4.39 Å². The molecule has 2 aromatic rings. The molecule has 0 heterocycles. The van der Waals surface area contributed by atoms with Gasteiger partial charge in [0.05, 0.1) is 11.6 Å². The standard InChI is InChI=1S/C14H10BrFN2/c15-12-2-5-14(6-3-12)18-9-11-7-13(16)4-1-10(11)8-17/h1-7,18H,9H2. The average molecular weight is 305 g/mol. The zero-order valence-corrected chi connectivity index (χ0v) is 11.0. The van der Waals surface area contributed by atoms with Gasteiger partial charge in [-0.15, -0.1) is 0 Å². The Morgan fingerprint density at radius 3 is 2.56 bits per heavy atom. The van der Waals surface area contributed by atoms with E-state index in [1.165, 1.54) is 18.2 Å². The highest BCUT2D eigenvalue weighted by atomic mass is 79.9. The van der Waals surface area contributed by atoms with Gasteiger partial charge in [-0.2, -0.15) is 5.26 Å². The first-order valence-corrected chi connectivity index (χ1v) is 6.16. The largest absolute Gasteiger partial charge is 0.381 e. The van der Waals surface area contributed by atoms with Gasteiger partial charge in [0, 0.05) is 16.7 Å². The normalized spacial score (nSPS) is 9.83. The molecular weight excluding hydrogens is 295 g/mol. The van der Waals surface area contributed by atoms with Gasteiger partial charge in [0.25, 0.3) is 0 Å². The number of nitrogens with one attached hydrogen (secondary N) is 1. The summed E-state index contributed by atoms with van der Waals surface area (Å²) in [7, 11) is 0. The van der Waals surface area contributed by atoms with Gasteiger partial charge in [-0.05, 0) is 48.0 Å². The van der Waals surface area contributed by atoms with Crippen LogP contribution in [0, 0.1) is 17.1 Å². The number of halogens is 2. The molecule has 18 heavy (non-hydrogen) atoms. The van der Waals surface area contributed by atoms with E-state index in [1.54, 1.807) is 0 Å². The highest BCUT2D eigenvalue weighted by molar-refractivity contribution is 9.10. The molecule has 2 nitrogen and oxygen atoms in total. The zero-order valence-electron chi connectivity index (χ0n) is 9.45. The lowest BCUT2D eigenvalue weighted by Gasteiger charge is -2.08. The third kappa shape index (κ3) is 3.08. The van der Waals surface area contributed by atoms with Crippen LogP contribution in [0.2, 0.25) is 0 Å². The highest BCUT2D eigenvalue weighted by Gasteiger charge is 2.03. The Labute approximate surface area is 113 Å². The molecule has 0 fully saturated rings. The summed E-state index contributed by atoms with van der Waals surface area (Å²) < 4.78 is 14.1. The predicted octanol–water partition coefficient (Wildman–Crippen LogP) is 4.07. The van der Waals surface area contributed by atoms with Crippen LogP contribution in [0.3, 0.4) is 0 Å². The summed E-state index contributed by atoms with van der Waals surface area (Å²) in [6.07, 6.45) is 0. The van der Waals surface area contributed by atoms with Gasteiger partial charge < -0.3 is 5.32 Å². The van der Waals surface area contributed by atoms with Crippen LogP contribution in [0.5, 0.6) is 0 Å². The van der Waals surface area contributed by atoms with Crippen molar-refractivity contribution >= 4 is 21.6 Å². The number of anilines is 1. The van der Waals surface area contributed by atoms with E-state index in [4.69, 9.17) is 5.26 Å². The number of hydrogen-bond donors (Lipinski definition) is 1. The van der Waals surface area contributed by atoms with Gasteiger partial charge in [-0.25, -0.2) is 4.39 Å². The predicted molar refractivity (Wildman–Crippen MR) is 72.6 cm³/mol. The summed E-state index contributed by atoms with van der Waals surface area (Å²) in [5, 5.41) is 12.1. The van der Waals surface area contributed by atoms with Crippen LogP contribution in [-0.4, -0.2) is 0 Å².